The molecule has 448 valence electrons. The smallest absolute Gasteiger partial charge is 0.425 e. The van der Waals surface area contributed by atoms with Gasteiger partial charge in [-0.1, -0.05) is 71.7 Å². The maximum Gasteiger partial charge on any atom is 0.425 e. The minimum Gasteiger partial charge on any atom is -0.481 e. The average molecular weight is 1260 g/mol. The van der Waals surface area contributed by atoms with Crippen LogP contribution in [0.25, 0.3) is 22.3 Å². The Bertz CT molecular complexity index is 3620. The van der Waals surface area contributed by atoms with Crippen LogP contribution in [0.2, 0.25) is 10.0 Å². The maximum absolute atomic E-state index is 14.0. The monoisotopic (exact) mass is 1260 g/mol. The topological polar surface area (TPSA) is 302 Å². The first-order chi connectivity index (χ1) is 39.4. The fourth-order valence-electron chi connectivity index (χ4n) is 9.62. The lowest BCUT2D eigenvalue weighted by Gasteiger charge is -2.41. The van der Waals surface area contributed by atoms with Crippen molar-refractivity contribution in [2.75, 3.05) is 66.5 Å². The molecule has 0 saturated carbocycles. The summed E-state index contributed by atoms with van der Waals surface area (Å²) in [4.78, 5) is 35.9. The number of aromatic nitrogens is 2. The predicted octanol–water partition coefficient (Wildman–Crippen LogP) is 7.09. The van der Waals surface area contributed by atoms with Gasteiger partial charge in [-0.2, -0.15) is 8.61 Å². The van der Waals surface area contributed by atoms with Crippen LogP contribution in [0, 0.1) is 27.7 Å². The molecule has 4 aromatic carbocycles. The summed E-state index contributed by atoms with van der Waals surface area (Å²) in [5.74, 6) is -0.820. The molecule has 8 rings (SSSR count). The number of nitrogens with zero attached hydrogens (tertiary/aromatic N) is 6. The number of nitrogens with two attached hydrogens (primary N) is 1. The predicted molar refractivity (Wildman–Crippen MR) is 317 cm³/mol. The summed E-state index contributed by atoms with van der Waals surface area (Å²) in [5, 5.41) is 12.5. The van der Waals surface area contributed by atoms with Crippen molar-refractivity contribution in [3.63, 3.8) is 0 Å². The van der Waals surface area contributed by atoms with Crippen LogP contribution in [0.3, 0.4) is 0 Å². The number of carbonyl (C=O) groups excluding carboxylic acids is 1. The highest BCUT2D eigenvalue weighted by Crippen LogP contribution is 2.38. The lowest BCUT2D eigenvalue weighted by molar-refractivity contribution is -0.137. The number of amides is 1. The van der Waals surface area contributed by atoms with E-state index in [4.69, 9.17) is 53.6 Å². The van der Waals surface area contributed by atoms with Crippen molar-refractivity contribution in [3.8, 4) is 22.3 Å². The molecule has 2 aliphatic rings. The van der Waals surface area contributed by atoms with E-state index in [0.29, 0.717) is 86.2 Å². The van der Waals surface area contributed by atoms with E-state index in [2.05, 4.69) is 36.9 Å². The summed E-state index contributed by atoms with van der Waals surface area (Å²) in [5.41, 5.74) is 13.6. The third kappa shape index (κ3) is 19.9. The van der Waals surface area contributed by atoms with Crippen LogP contribution in [0.1, 0.15) is 71.1 Å². The largest absolute Gasteiger partial charge is 0.481 e. The lowest BCUT2D eigenvalue weighted by atomic mass is 9.97. The second-order valence-corrected chi connectivity index (χ2v) is 24.3. The van der Waals surface area contributed by atoms with Crippen molar-refractivity contribution in [1.82, 2.24) is 33.7 Å². The van der Waals surface area contributed by atoms with Gasteiger partial charge in [0, 0.05) is 94.0 Å². The van der Waals surface area contributed by atoms with Crippen LogP contribution >= 0.6 is 23.2 Å². The van der Waals surface area contributed by atoms with E-state index < -0.39 is 53.3 Å². The number of halogens is 2. The summed E-state index contributed by atoms with van der Waals surface area (Å²) in [6.45, 7) is 11.6. The third-order valence-corrected chi connectivity index (χ3v) is 18.6. The van der Waals surface area contributed by atoms with E-state index in [1.807, 2.05) is 80.8 Å². The molecule has 2 atom stereocenters. The Kier molecular flexibility index (Phi) is 27.7. The Hall–Kier alpha value is -6.36. The van der Waals surface area contributed by atoms with E-state index in [0.717, 1.165) is 51.1 Å². The standard InChI is InChI=1S/C28H33ClN4O3S.C27H30ClN3O4S.CH5N.2O3S/c1-20-18-31-13-12-24(20)22-7-4-8-23(17-22)26-19-32(14-6-11-28(34)30-3)15-16-33(26)37(35,36)27-10-5-9-25(29)21(27)2;1-19-17-29-12-11-23(19)21-6-3-7-22(16-21)25-18-30(13-5-10-27(32)33)14-15-31(25)36(34,35)26-9-4-8-24(28)20(26)2;1-2;2*1-4(2)3/h4-5,7-10,12-13,17-18,26H,6,11,14-16,19H2,1-3H3,(H,30,34);3-4,6-9,11-12,16-17,25H,5,10,13-15,18H2,1-2H3,(H,32,33);2H2,1H3;;. The van der Waals surface area contributed by atoms with Gasteiger partial charge < -0.3 is 26.0 Å². The van der Waals surface area contributed by atoms with E-state index in [1.165, 1.54) is 7.05 Å². The van der Waals surface area contributed by atoms with Gasteiger partial charge in [0.25, 0.3) is 0 Å². The minimum atomic E-state index is -3.84. The quantitative estimate of drug-likeness (QED) is 0.0871. The first-order valence-electron chi connectivity index (χ1n) is 25.9. The van der Waals surface area contributed by atoms with Crippen molar-refractivity contribution < 1.29 is 56.8 Å². The number of hydrogen-bond acceptors (Lipinski definition) is 17. The number of benzene rings is 4. The molecule has 0 bridgehead atoms. The molecule has 1 amide bonds. The van der Waals surface area contributed by atoms with Crippen molar-refractivity contribution in [2.45, 2.75) is 75.3 Å². The molecule has 27 heteroatoms. The molecule has 21 nitrogen and oxygen atoms in total. The normalized spacial score (nSPS) is 15.7. The molecule has 2 aliphatic heterocycles. The lowest BCUT2D eigenvalue weighted by Crippen LogP contribution is -2.50. The van der Waals surface area contributed by atoms with E-state index in [9.17, 15) is 26.4 Å². The van der Waals surface area contributed by atoms with Gasteiger partial charge in [0.1, 0.15) is 0 Å². The van der Waals surface area contributed by atoms with E-state index in [1.54, 1.807) is 78.3 Å². The number of piperazine rings is 2. The molecular weight excluding hydrogens is 1190 g/mol. The molecule has 0 radical (unpaired) electrons. The zero-order chi connectivity index (χ0) is 61.6. The minimum absolute atomic E-state index is 0.00890. The van der Waals surface area contributed by atoms with Gasteiger partial charge >= 0.3 is 27.2 Å². The van der Waals surface area contributed by atoms with E-state index in [-0.39, 0.29) is 28.2 Å². The summed E-state index contributed by atoms with van der Waals surface area (Å²) >= 11 is 12.6. The van der Waals surface area contributed by atoms with Gasteiger partial charge in [0.2, 0.25) is 26.0 Å². The average Bonchev–Trinajstić information content (AvgIpc) is 2.76. The van der Waals surface area contributed by atoms with Crippen LogP contribution in [0.15, 0.2) is 132 Å². The van der Waals surface area contributed by atoms with Crippen LogP contribution in [0.5, 0.6) is 0 Å². The van der Waals surface area contributed by atoms with Crippen LogP contribution in [-0.4, -0.2) is 154 Å². The highest BCUT2D eigenvalue weighted by Gasteiger charge is 2.40. The molecule has 2 fully saturated rings. The van der Waals surface area contributed by atoms with Gasteiger partial charge in [-0.25, -0.2) is 16.8 Å². The van der Waals surface area contributed by atoms with E-state index >= 15 is 0 Å². The summed E-state index contributed by atoms with van der Waals surface area (Å²) < 4.78 is 110. The number of rotatable bonds is 16. The Labute approximate surface area is 498 Å². The third-order valence-electron chi connectivity index (χ3n) is 13.7. The Morgan fingerprint density at radius 2 is 0.976 bits per heavy atom. The fourth-order valence-corrected chi connectivity index (χ4v) is 13.8. The number of carbonyl (C=O) groups is 2. The van der Waals surface area contributed by atoms with Crippen molar-refractivity contribution in [1.29, 1.82) is 0 Å². The number of carboxylic acids is 1. The Morgan fingerprint density at radius 1 is 0.602 bits per heavy atom. The molecule has 2 aromatic heterocycles. The highest BCUT2D eigenvalue weighted by atomic mass is 35.5. The van der Waals surface area contributed by atoms with Gasteiger partial charge in [0.15, 0.2) is 0 Å². The molecule has 4 heterocycles. The van der Waals surface area contributed by atoms with Crippen molar-refractivity contribution in [3.05, 3.63) is 165 Å². The van der Waals surface area contributed by atoms with Crippen LogP contribution in [-0.2, 0) is 50.9 Å². The molecule has 0 aliphatic carbocycles. The van der Waals surface area contributed by atoms with Gasteiger partial charge in [-0.15, -0.1) is 25.3 Å². The van der Waals surface area contributed by atoms with Gasteiger partial charge in [0.05, 0.1) is 21.9 Å². The molecule has 6 aromatic rings. The first-order valence-corrected chi connectivity index (χ1v) is 31.5. The van der Waals surface area contributed by atoms with Gasteiger partial charge in [-0.3, -0.25) is 19.6 Å². The Morgan fingerprint density at radius 3 is 1.34 bits per heavy atom. The highest BCUT2D eigenvalue weighted by molar-refractivity contribution is 7.89. The van der Waals surface area contributed by atoms with Gasteiger partial charge in [-0.05, 0) is 165 Å². The molecule has 83 heavy (non-hydrogen) atoms. The SMILES string of the molecule is CN.CNC(=O)CCCN1CCN(S(=O)(=O)c2cccc(Cl)c2C)C(c2cccc(-c3ccncc3C)c2)C1.Cc1cnccc1-c1cccc(C2CN(CCCC(=O)O)CCN2S(=O)(=O)c2cccc(Cl)c2C)c1.O=S(=O)=O.O=S(=O)=O. The summed E-state index contributed by atoms with van der Waals surface area (Å²) in [6, 6.07) is 29.1. The van der Waals surface area contributed by atoms with Crippen LogP contribution in [0.4, 0.5) is 0 Å². The zero-order valence-corrected chi connectivity index (χ0v) is 51.5. The molecule has 0 spiro atoms. The van der Waals surface area contributed by atoms with Crippen molar-refractivity contribution >= 4 is 76.3 Å². The number of hydrogen-bond donors (Lipinski definition) is 3. The van der Waals surface area contributed by atoms with Crippen molar-refractivity contribution in [2.24, 2.45) is 5.73 Å². The zero-order valence-electron chi connectivity index (χ0n) is 46.7. The number of carboxylic acid groups (broad SMARTS) is 1. The van der Waals surface area contributed by atoms with Crippen LogP contribution < -0.4 is 11.1 Å². The molecule has 2 saturated heterocycles. The molecular formula is C56H68Cl2N8O13S4. The number of aryl methyl sites for hydroxylation is 2. The maximum atomic E-state index is 14.0. The second-order valence-electron chi connectivity index (χ2n) is 18.9. The number of aliphatic carboxylic acids is 1. The Balaban J connectivity index is 0.000000307. The fraction of sp³-hybridized carbons (Fsp3) is 0.357. The number of pyridine rings is 2. The molecule has 2 unspecified atom stereocenters. The first kappa shape index (κ1) is 69.1. The number of sulfonamides is 2. The summed E-state index contributed by atoms with van der Waals surface area (Å²) in [7, 11) is -10.7. The molecule has 4 N–H and O–H groups in total. The second kappa shape index (κ2) is 33.2. The summed E-state index contributed by atoms with van der Waals surface area (Å²) in [6.07, 6.45) is 8.91. The number of nitrogens with one attached hydrogen (secondary N) is 1.